The Labute approximate surface area is 125 Å². The predicted molar refractivity (Wildman–Crippen MR) is 82.4 cm³/mol. The van der Waals surface area contributed by atoms with Crippen LogP contribution in [0.3, 0.4) is 0 Å². The molecular formula is C16H22N4O. The number of likely N-dealkylation sites (N-methyl/N-ethyl adjacent to an activating group) is 1. The van der Waals surface area contributed by atoms with E-state index in [0.29, 0.717) is 13.1 Å². The van der Waals surface area contributed by atoms with E-state index in [-0.39, 0.29) is 11.9 Å². The fourth-order valence-corrected chi connectivity index (χ4v) is 2.11. The summed E-state index contributed by atoms with van der Waals surface area (Å²) in [7, 11) is 3.83. The van der Waals surface area contributed by atoms with Gasteiger partial charge in [-0.05, 0) is 19.5 Å². The number of rotatable bonds is 6. The number of amides is 1. The van der Waals surface area contributed by atoms with E-state index in [1.165, 1.54) is 0 Å². The van der Waals surface area contributed by atoms with Gasteiger partial charge in [0.25, 0.3) is 0 Å². The zero-order chi connectivity index (χ0) is 15.2. The summed E-state index contributed by atoms with van der Waals surface area (Å²) in [4.78, 5) is 14.2. The third kappa shape index (κ3) is 4.43. The van der Waals surface area contributed by atoms with Crippen LogP contribution in [0.5, 0.6) is 0 Å². The van der Waals surface area contributed by atoms with E-state index < -0.39 is 0 Å². The van der Waals surface area contributed by atoms with Gasteiger partial charge in [-0.15, -0.1) is 0 Å². The topological polar surface area (TPSA) is 50.2 Å². The van der Waals surface area contributed by atoms with Crippen molar-refractivity contribution in [3.8, 4) is 0 Å². The summed E-state index contributed by atoms with van der Waals surface area (Å²) in [5.74, 6) is 0.0326. The second-order valence-electron chi connectivity index (χ2n) is 5.32. The summed E-state index contributed by atoms with van der Waals surface area (Å²) >= 11 is 0. The molecule has 0 bridgehead atoms. The lowest BCUT2D eigenvalue weighted by atomic mass is 10.2. The smallest absolute Gasteiger partial charge is 0.237 e. The highest BCUT2D eigenvalue weighted by Crippen LogP contribution is 2.06. The minimum absolute atomic E-state index is 0.0326. The van der Waals surface area contributed by atoms with Crippen molar-refractivity contribution in [3.05, 3.63) is 53.9 Å². The van der Waals surface area contributed by atoms with Gasteiger partial charge in [0.2, 0.25) is 5.91 Å². The van der Waals surface area contributed by atoms with E-state index >= 15 is 0 Å². The van der Waals surface area contributed by atoms with Crippen LogP contribution < -0.4 is 5.32 Å². The number of nitrogens with zero attached hydrogens (tertiary/aromatic N) is 3. The lowest BCUT2D eigenvalue weighted by Crippen LogP contribution is -2.42. The number of hydrogen-bond acceptors (Lipinski definition) is 3. The minimum Gasteiger partial charge on any atom is -0.351 e. The van der Waals surface area contributed by atoms with Gasteiger partial charge in [-0.25, -0.2) is 0 Å². The highest BCUT2D eigenvalue weighted by atomic mass is 16.2. The molecule has 1 heterocycles. The molecule has 0 fully saturated rings. The van der Waals surface area contributed by atoms with Crippen LogP contribution in [0, 0.1) is 0 Å². The zero-order valence-corrected chi connectivity index (χ0v) is 12.8. The maximum absolute atomic E-state index is 12.2. The van der Waals surface area contributed by atoms with Gasteiger partial charge < -0.3 is 5.32 Å². The first-order valence-corrected chi connectivity index (χ1v) is 7.05. The summed E-state index contributed by atoms with van der Waals surface area (Å²) in [5, 5.41) is 7.11. The molecule has 0 aliphatic rings. The predicted octanol–water partition coefficient (Wildman–Crippen LogP) is 1.56. The van der Waals surface area contributed by atoms with E-state index in [9.17, 15) is 4.79 Å². The molecule has 5 heteroatoms. The molecule has 2 rings (SSSR count). The Hall–Kier alpha value is -2.14. The van der Waals surface area contributed by atoms with Gasteiger partial charge in [-0.2, -0.15) is 5.10 Å². The van der Waals surface area contributed by atoms with Crippen molar-refractivity contribution in [2.45, 2.75) is 26.1 Å². The van der Waals surface area contributed by atoms with Crippen molar-refractivity contribution < 1.29 is 4.79 Å². The van der Waals surface area contributed by atoms with Crippen LogP contribution in [0.1, 0.15) is 18.1 Å². The van der Waals surface area contributed by atoms with Gasteiger partial charge in [0.1, 0.15) is 0 Å². The van der Waals surface area contributed by atoms with E-state index in [0.717, 1.165) is 11.1 Å². The number of nitrogens with one attached hydrogen (secondary N) is 1. The van der Waals surface area contributed by atoms with E-state index in [1.54, 1.807) is 4.68 Å². The Balaban J connectivity index is 1.83. The average molecular weight is 286 g/mol. The van der Waals surface area contributed by atoms with Crippen LogP contribution in [-0.2, 0) is 24.9 Å². The van der Waals surface area contributed by atoms with E-state index in [2.05, 4.69) is 10.4 Å². The third-order valence-corrected chi connectivity index (χ3v) is 3.54. The molecule has 112 valence electrons. The van der Waals surface area contributed by atoms with Crippen molar-refractivity contribution >= 4 is 5.91 Å². The first-order valence-electron chi connectivity index (χ1n) is 7.05. The maximum Gasteiger partial charge on any atom is 0.237 e. The second kappa shape index (κ2) is 7.04. The Kier molecular flexibility index (Phi) is 5.11. The number of carbonyl (C=O) groups is 1. The van der Waals surface area contributed by atoms with Crippen molar-refractivity contribution in [2.24, 2.45) is 7.05 Å². The third-order valence-electron chi connectivity index (χ3n) is 3.54. The molecule has 0 radical (unpaired) electrons. The van der Waals surface area contributed by atoms with Gasteiger partial charge in [-0.3, -0.25) is 14.4 Å². The standard InChI is InChI=1S/C16H22N4O/c1-13(19(2)11-15-10-18-20(3)12-15)16(21)17-9-14-7-5-4-6-8-14/h4-8,10,12-13H,9,11H2,1-3H3,(H,17,21). The van der Waals surface area contributed by atoms with Crippen molar-refractivity contribution in [2.75, 3.05) is 7.05 Å². The van der Waals surface area contributed by atoms with Crippen LogP contribution in [0.15, 0.2) is 42.7 Å². The average Bonchev–Trinajstić information content (AvgIpc) is 2.90. The van der Waals surface area contributed by atoms with Crippen LogP contribution in [-0.4, -0.2) is 33.7 Å². The Morgan fingerprint density at radius 1 is 1.33 bits per heavy atom. The fourth-order valence-electron chi connectivity index (χ4n) is 2.11. The fraction of sp³-hybridized carbons (Fsp3) is 0.375. The Morgan fingerprint density at radius 3 is 2.67 bits per heavy atom. The summed E-state index contributed by atoms with van der Waals surface area (Å²) in [6, 6.07) is 9.73. The molecule has 1 aromatic heterocycles. The molecule has 1 N–H and O–H groups in total. The molecule has 2 aromatic rings. The maximum atomic E-state index is 12.2. The summed E-state index contributed by atoms with van der Waals surface area (Å²) in [5.41, 5.74) is 2.20. The molecule has 0 aliphatic heterocycles. The van der Waals surface area contributed by atoms with Gasteiger partial charge in [0.15, 0.2) is 0 Å². The number of aryl methyl sites for hydroxylation is 1. The highest BCUT2D eigenvalue weighted by molar-refractivity contribution is 5.81. The van der Waals surface area contributed by atoms with Crippen LogP contribution in [0.2, 0.25) is 0 Å². The van der Waals surface area contributed by atoms with Gasteiger partial charge in [0, 0.05) is 31.9 Å². The zero-order valence-electron chi connectivity index (χ0n) is 12.8. The molecule has 1 atom stereocenters. The molecule has 0 saturated carbocycles. The normalized spacial score (nSPS) is 12.4. The molecule has 5 nitrogen and oxygen atoms in total. The largest absolute Gasteiger partial charge is 0.351 e. The van der Waals surface area contributed by atoms with E-state index in [4.69, 9.17) is 0 Å². The Bertz CT molecular complexity index is 579. The SMILES string of the molecule is CC(C(=O)NCc1ccccc1)N(C)Cc1cnn(C)c1. The van der Waals surface area contributed by atoms with Gasteiger partial charge >= 0.3 is 0 Å². The minimum atomic E-state index is -0.186. The molecule has 0 saturated heterocycles. The number of benzene rings is 1. The number of hydrogen-bond donors (Lipinski definition) is 1. The highest BCUT2D eigenvalue weighted by Gasteiger charge is 2.18. The molecule has 0 aliphatic carbocycles. The summed E-state index contributed by atoms with van der Waals surface area (Å²) < 4.78 is 1.77. The van der Waals surface area contributed by atoms with Crippen molar-refractivity contribution in [1.82, 2.24) is 20.0 Å². The van der Waals surface area contributed by atoms with Crippen LogP contribution in [0.25, 0.3) is 0 Å². The number of aromatic nitrogens is 2. The quantitative estimate of drug-likeness (QED) is 0.876. The van der Waals surface area contributed by atoms with Crippen LogP contribution in [0.4, 0.5) is 0 Å². The molecule has 1 aromatic carbocycles. The van der Waals surface area contributed by atoms with Crippen molar-refractivity contribution in [3.63, 3.8) is 0 Å². The lowest BCUT2D eigenvalue weighted by molar-refractivity contribution is -0.125. The van der Waals surface area contributed by atoms with Gasteiger partial charge in [0.05, 0.1) is 12.2 Å². The molecule has 1 amide bonds. The molecule has 0 spiro atoms. The monoisotopic (exact) mass is 286 g/mol. The summed E-state index contributed by atoms with van der Waals surface area (Å²) in [6.07, 6.45) is 3.79. The van der Waals surface area contributed by atoms with Gasteiger partial charge in [-0.1, -0.05) is 30.3 Å². The number of carbonyl (C=O) groups excluding carboxylic acids is 1. The molecule has 1 unspecified atom stereocenters. The first kappa shape index (κ1) is 15.3. The lowest BCUT2D eigenvalue weighted by Gasteiger charge is -2.23. The van der Waals surface area contributed by atoms with Crippen molar-refractivity contribution in [1.29, 1.82) is 0 Å². The first-order chi connectivity index (χ1) is 10.1. The van der Waals surface area contributed by atoms with Crippen LogP contribution >= 0.6 is 0 Å². The Morgan fingerprint density at radius 2 is 2.05 bits per heavy atom. The summed E-state index contributed by atoms with van der Waals surface area (Å²) in [6.45, 7) is 3.18. The second-order valence-corrected chi connectivity index (χ2v) is 5.32. The van der Waals surface area contributed by atoms with E-state index in [1.807, 2.05) is 68.6 Å². The molecule has 21 heavy (non-hydrogen) atoms. The molecular weight excluding hydrogens is 264 g/mol.